The van der Waals surface area contributed by atoms with Gasteiger partial charge in [0, 0.05) is 12.7 Å². The van der Waals surface area contributed by atoms with Crippen LogP contribution in [-0.2, 0) is 17.8 Å². The summed E-state index contributed by atoms with van der Waals surface area (Å²) in [5.74, 6) is 0.251. The van der Waals surface area contributed by atoms with Gasteiger partial charge in [-0.2, -0.15) is 4.98 Å². The highest BCUT2D eigenvalue weighted by Crippen LogP contribution is 2.31. The Balaban J connectivity index is 1.59. The second-order valence-electron chi connectivity index (χ2n) is 6.59. The summed E-state index contributed by atoms with van der Waals surface area (Å²) in [7, 11) is 1.54. The molecule has 0 amide bonds. The molecule has 0 saturated carbocycles. The molecule has 2 aromatic carbocycles. The Kier molecular flexibility index (Phi) is 4.25. The minimum atomic E-state index is -0.417. The van der Waals surface area contributed by atoms with Crippen LogP contribution in [0.3, 0.4) is 0 Å². The first kappa shape index (κ1) is 17.4. The second kappa shape index (κ2) is 7.06. The van der Waals surface area contributed by atoms with Crippen molar-refractivity contribution in [1.82, 2.24) is 25.1 Å². The molecule has 2 heterocycles. The molecule has 2 aromatic heterocycles. The van der Waals surface area contributed by atoms with Crippen LogP contribution in [0.5, 0.6) is 0 Å². The summed E-state index contributed by atoms with van der Waals surface area (Å²) in [6.45, 7) is 0.151. The number of hydrogen-bond acceptors (Lipinski definition) is 6. The topological polar surface area (TPSA) is 78.9 Å². The van der Waals surface area contributed by atoms with Crippen molar-refractivity contribution in [3.8, 4) is 28.7 Å². The molecule has 1 aliphatic rings. The normalized spacial score (nSPS) is 12.5. The van der Waals surface area contributed by atoms with Gasteiger partial charge < -0.3 is 9.26 Å². The number of fused-ring (bicyclic) bond motifs is 1. The Morgan fingerprint density at radius 2 is 2.07 bits per heavy atom. The summed E-state index contributed by atoms with van der Waals surface area (Å²) in [5, 5.41) is 12.4. The van der Waals surface area contributed by atoms with Gasteiger partial charge in [0.15, 0.2) is 5.69 Å². The highest BCUT2D eigenvalue weighted by atomic mass is 19.1. The number of hydrogen-bond donors (Lipinski definition) is 0. The molecule has 4 aromatic rings. The zero-order valence-electron chi connectivity index (χ0n) is 15.5. The first-order valence-corrected chi connectivity index (χ1v) is 9.07. The average molecular weight is 389 g/mol. The molecule has 0 radical (unpaired) electrons. The molecule has 0 N–H and O–H groups in total. The van der Waals surface area contributed by atoms with Crippen molar-refractivity contribution >= 4 is 6.08 Å². The number of halogens is 1. The summed E-state index contributed by atoms with van der Waals surface area (Å²) in [6.07, 6.45) is 5.06. The molecule has 0 aliphatic heterocycles. The van der Waals surface area contributed by atoms with Gasteiger partial charge >= 0.3 is 0 Å². The minimum Gasteiger partial charge on any atom is -0.378 e. The third-order valence-electron chi connectivity index (χ3n) is 4.81. The van der Waals surface area contributed by atoms with Crippen LogP contribution in [0.1, 0.15) is 16.8 Å². The fourth-order valence-electron chi connectivity index (χ4n) is 3.47. The molecule has 0 unspecified atom stereocenters. The summed E-state index contributed by atoms with van der Waals surface area (Å²) in [5.41, 5.74) is 4.35. The van der Waals surface area contributed by atoms with Gasteiger partial charge in [-0.1, -0.05) is 52.9 Å². The summed E-state index contributed by atoms with van der Waals surface area (Å²) in [4.78, 5) is 4.52. The minimum absolute atomic E-state index is 0.151. The predicted octanol–water partition coefficient (Wildman–Crippen LogP) is 3.84. The number of benzene rings is 2. The van der Waals surface area contributed by atoms with Crippen molar-refractivity contribution in [1.29, 1.82) is 0 Å². The van der Waals surface area contributed by atoms with Crippen molar-refractivity contribution in [3.63, 3.8) is 0 Å². The molecule has 29 heavy (non-hydrogen) atoms. The third kappa shape index (κ3) is 2.94. The van der Waals surface area contributed by atoms with E-state index in [2.05, 4.69) is 38.7 Å². The first-order chi connectivity index (χ1) is 14.3. The van der Waals surface area contributed by atoms with E-state index in [0.29, 0.717) is 17.2 Å². The Bertz CT molecular complexity index is 1230. The highest BCUT2D eigenvalue weighted by Gasteiger charge is 2.24. The fraction of sp³-hybridized carbons (Fsp3) is 0.143. The van der Waals surface area contributed by atoms with Crippen LogP contribution in [0.2, 0.25) is 0 Å². The van der Waals surface area contributed by atoms with Crippen LogP contribution in [0.15, 0.2) is 53.1 Å². The maximum absolute atomic E-state index is 14.3. The Morgan fingerprint density at radius 3 is 2.93 bits per heavy atom. The zero-order chi connectivity index (χ0) is 19.8. The maximum Gasteiger partial charge on any atom is 0.280 e. The summed E-state index contributed by atoms with van der Waals surface area (Å²) >= 11 is 0. The van der Waals surface area contributed by atoms with E-state index in [-0.39, 0.29) is 18.2 Å². The Morgan fingerprint density at radius 1 is 1.17 bits per heavy atom. The number of para-hydroxylation sites is 1. The standard InChI is InChI=1S/C21H16FN5O2/c1-28-12-18-19(24-26-27(18)17-11-3-2-10-16(17)22)21-23-20(25-29-21)15-9-5-7-13-6-4-8-14(13)15/h2-5,7-11H,6,12H2,1H3. The highest BCUT2D eigenvalue weighted by molar-refractivity contribution is 5.76. The van der Waals surface area contributed by atoms with Gasteiger partial charge in [0.2, 0.25) is 5.82 Å². The summed E-state index contributed by atoms with van der Waals surface area (Å²) in [6, 6.07) is 12.3. The summed E-state index contributed by atoms with van der Waals surface area (Å²) < 4.78 is 26.4. The van der Waals surface area contributed by atoms with E-state index >= 15 is 0 Å². The molecule has 0 saturated heterocycles. The van der Waals surface area contributed by atoms with Crippen LogP contribution in [-0.4, -0.2) is 32.2 Å². The number of ether oxygens (including phenoxy) is 1. The zero-order valence-corrected chi connectivity index (χ0v) is 15.5. The fourth-order valence-corrected chi connectivity index (χ4v) is 3.47. The number of allylic oxidation sites excluding steroid dienone is 1. The number of nitrogens with zero attached hydrogens (tertiary/aromatic N) is 5. The molecule has 1 aliphatic carbocycles. The van der Waals surface area contributed by atoms with Gasteiger partial charge in [0.25, 0.3) is 5.89 Å². The van der Waals surface area contributed by atoms with Gasteiger partial charge in [-0.15, -0.1) is 5.10 Å². The number of methoxy groups -OCH3 is 1. The van der Waals surface area contributed by atoms with E-state index in [1.165, 1.54) is 16.3 Å². The monoisotopic (exact) mass is 389 g/mol. The van der Waals surface area contributed by atoms with Crippen LogP contribution in [0.25, 0.3) is 34.7 Å². The van der Waals surface area contributed by atoms with Gasteiger partial charge in [0.1, 0.15) is 17.2 Å². The quantitative estimate of drug-likeness (QED) is 0.516. The van der Waals surface area contributed by atoms with Crippen LogP contribution in [0.4, 0.5) is 4.39 Å². The van der Waals surface area contributed by atoms with Crippen molar-refractivity contribution in [2.75, 3.05) is 7.11 Å². The molecule has 8 heteroatoms. The number of aromatic nitrogens is 5. The van der Waals surface area contributed by atoms with E-state index in [1.807, 2.05) is 12.1 Å². The number of rotatable bonds is 5. The lowest BCUT2D eigenvalue weighted by atomic mass is 10.0. The van der Waals surface area contributed by atoms with Crippen molar-refractivity contribution in [2.24, 2.45) is 0 Å². The average Bonchev–Trinajstić information content (AvgIpc) is 3.47. The lowest BCUT2D eigenvalue weighted by Gasteiger charge is -2.07. The molecule has 0 bridgehead atoms. The van der Waals surface area contributed by atoms with Gasteiger partial charge in [-0.25, -0.2) is 9.07 Å². The molecule has 5 rings (SSSR count). The van der Waals surface area contributed by atoms with E-state index in [9.17, 15) is 4.39 Å². The smallest absolute Gasteiger partial charge is 0.280 e. The lowest BCUT2D eigenvalue weighted by molar-refractivity contribution is 0.179. The third-order valence-corrected chi connectivity index (χ3v) is 4.81. The maximum atomic E-state index is 14.3. The molecule has 144 valence electrons. The molecular formula is C21H16FN5O2. The predicted molar refractivity (Wildman–Crippen MR) is 103 cm³/mol. The van der Waals surface area contributed by atoms with Crippen LogP contribution < -0.4 is 0 Å². The van der Waals surface area contributed by atoms with Crippen LogP contribution >= 0.6 is 0 Å². The van der Waals surface area contributed by atoms with Crippen LogP contribution in [0, 0.1) is 5.82 Å². The Labute approximate surface area is 165 Å². The van der Waals surface area contributed by atoms with E-state index in [4.69, 9.17) is 9.26 Å². The lowest BCUT2D eigenvalue weighted by Crippen LogP contribution is -2.06. The molecule has 7 nitrogen and oxygen atoms in total. The largest absolute Gasteiger partial charge is 0.378 e. The van der Waals surface area contributed by atoms with E-state index < -0.39 is 5.82 Å². The van der Waals surface area contributed by atoms with E-state index in [0.717, 1.165) is 17.5 Å². The molecule has 0 spiro atoms. The first-order valence-electron chi connectivity index (χ1n) is 9.07. The van der Waals surface area contributed by atoms with Gasteiger partial charge in [-0.3, -0.25) is 0 Å². The van der Waals surface area contributed by atoms with E-state index in [1.54, 1.807) is 25.3 Å². The SMILES string of the molecule is COCc1c(-c2nc(-c3cccc4c3C=CC4)no2)nnn1-c1ccccc1F. The van der Waals surface area contributed by atoms with Crippen molar-refractivity contribution < 1.29 is 13.7 Å². The van der Waals surface area contributed by atoms with Gasteiger partial charge in [-0.05, 0) is 29.7 Å². The van der Waals surface area contributed by atoms with Crippen molar-refractivity contribution in [2.45, 2.75) is 13.0 Å². The van der Waals surface area contributed by atoms with Crippen molar-refractivity contribution in [3.05, 3.63) is 71.2 Å². The molecular weight excluding hydrogens is 373 g/mol. The van der Waals surface area contributed by atoms with Gasteiger partial charge in [0.05, 0.1) is 6.61 Å². The Hall–Kier alpha value is -3.65. The molecule has 0 atom stereocenters. The molecule has 0 fully saturated rings. The second-order valence-corrected chi connectivity index (χ2v) is 6.59.